The SMILES string of the molecule is NCc1ccc(CN2CCCCCC2)o1. The van der Waals surface area contributed by atoms with Crippen LogP contribution in [0.4, 0.5) is 0 Å². The van der Waals surface area contributed by atoms with Crippen LogP contribution in [0.25, 0.3) is 0 Å². The maximum atomic E-state index is 5.61. The minimum atomic E-state index is 0.500. The third kappa shape index (κ3) is 3.08. The molecule has 0 bridgehead atoms. The van der Waals surface area contributed by atoms with Crippen molar-refractivity contribution in [1.29, 1.82) is 0 Å². The number of nitrogens with zero attached hydrogens (tertiary/aromatic N) is 1. The monoisotopic (exact) mass is 208 g/mol. The van der Waals surface area contributed by atoms with Crippen molar-refractivity contribution in [3.63, 3.8) is 0 Å². The van der Waals surface area contributed by atoms with E-state index in [1.807, 2.05) is 12.1 Å². The lowest BCUT2D eigenvalue weighted by atomic mass is 10.2. The predicted octanol–water partition coefficient (Wildman–Crippen LogP) is 2.11. The van der Waals surface area contributed by atoms with E-state index in [1.165, 1.54) is 38.8 Å². The maximum absolute atomic E-state index is 5.61. The van der Waals surface area contributed by atoms with Crippen molar-refractivity contribution in [2.75, 3.05) is 13.1 Å². The normalized spacial score (nSPS) is 19.0. The summed E-state index contributed by atoms with van der Waals surface area (Å²) in [5.41, 5.74) is 5.51. The van der Waals surface area contributed by atoms with Gasteiger partial charge in [0.1, 0.15) is 11.5 Å². The topological polar surface area (TPSA) is 42.4 Å². The number of hydrogen-bond acceptors (Lipinski definition) is 3. The number of furan rings is 1. The zero-order valence-corrected chi connectivity index (χ0v) is 9.24. The van der Waals surface area contributed by atoms with Gasteiger partial charge in [-0.05, 0) is 38.1 Å². The van der Waals surface area contributed by atoms with Crippen molar-refractivity contribution in [2.45, 2.75) is 38.8 Å². The van der Waals surface area contributed by atoms with Gasteiger partial charge in [-0.1, -0.05) is 12.8 Å². The van der Waals surface area contributed by atoms with E-state index < -0.39 is 0 Å². The third-order valence-corrected chi connectivity index (χ3v) is 3.00. The molecule has 0 amide bonds. The number of likely N-dealkylation sites (tertiary alicyclic amines) is 1. The highest BCUT2D eigenvalue weighted by Crippen LogP contribution is 2.14. The van der Waals surface area contributed by atoms with Crippen LogP contribution in [0.1, 0.15) is 37.2 Å². The molecule has 2 heterocycles. The van der Waals surface area contributed by atoms with Gasteiger partial charge in [0.25, 0.3) is 0 Å². The van der Waals surface area contributed by atoms with E-state index in [0.717, 1.165) is 18.1 Å². The van der Waals surface area contributed by atoms with E-state index in [-0.39, 0.29) is 0 Å². The molecular weight excluding hydrogens is 188 g/mol. The molecule has 2 rings (SSSR count). The van der Waals surface area contributed by atoms with Crippen molar-refractivity contribution < 1.29 is 4.42 Å². The Morgan fingerprint density at radius 2 is 1.73 bits per heavy atom. The summed E-state index contributed by atoms with van der Waals surface area (Å²) in [6, 6.07) is 4.03. The summed E-state index contributed by atoms with van der Waals surface area (Å²) in [5, 5.41) is 0. The first-order chi connectivity index (χ1) is 7.38. The molecule has 1 aliphatic rings. The molecule has 2 N–H and O–H groups in total. The lowest BCUT2D eigenvalue weighted by molar-refractivity contribution is 0.250. The Kier molecular flexibility index (Phi) is 3.80. The highest BCUT2D eigenvalue weighted by molar-refractivity contribution is 5.06. The molecule has 1 fully saturated rings. The summed E-state index contributed by atoms with van der Waals surface area (Å²) in [4.78, 5) is 2.48. The molecule has 15 heavy (non-hydrogen) atoms. The second-order valence-corrected chi connectivity index (χ2v) is 4.26. The van der Waals surface area contributed by atoms with E-state index in [1.54, 1.807) is 0 Å². The van der Waals surface area contributed by atoms with Crippen LogP contribution in [0, 0.1) is 0 Å². The largest absolute Gasteiger partial charge is 0.463 e. The summed E-state index contributed by atoms with van der Waals surface area (Å²) in [6.07, 6.45) is 5.40. The van der Waals surface area contributed by atoms with E-state index >= 15 is 0 Å². The van der Waals surface area contributed by atoms with E-state index in [9.17, 15) is 0 Å². The summed E-state index contributed by atoms with van der Waals surface area (Å²) >= 11 is 0. The first kappa shape index (κ1) is 10.7. The van der Waals surface area contributed by atoms with E-state index in [0.29, 0.717) is 6.54 Å². The Morgan fingerprint density at radius 1 is 1.07 bits per heavy atom. The first-order valence-corrected chi connectivity index (χ1v) is 5.88. The van der Waals surface area contributed by atoms with Gasteiger partial charge < -0.3 is 10.2 Å². The second kappa shape index (κ2) is 5.33. The van der Waals surface area contributed by atoms with Crippen molar-refractivity contribution in [3.8, 4) is 0 Å². The summed E-state index contributed by atoms with van der Waals surface area (Å²) < 4.78 is 5.61. The van der Waals surface area contributed by atoms with Gasteiger partial charge >= 0.3 is 0 Å². The van der Waals surface area contributed by atoms with Crippen LogP contribution in [0.5, 0.6) is 0 Å². The predicted molar refractivity (Wildman–Crippen MR) is 60.3 cm³/mol. The second-order valence-electron chi connectivity index (χ2n) is 4.26. The molecule has 0 unspecified atom stereocenters. The molecule has 84 valence electrons. The van der Waals surface area contributed by atoms with Crippen LogP contribution in [0.2, 0.25) is 0 Å². The Morgan fingerprint density at radius 3 is 2.33 bits per heavy atom. The van der Waals surface area contributed by atoms with Crippen molar-refractivity contribution in [2.24, 2.45) is 5.73 Å². The van der Waals surface area contributed by atoms with Crippen molar-refractivity contribution >= 4 is 0 Å². The van der Waals surface area contributed by atoms with Crippen LogP contribution in [0.15, 0.2) is 16.5 Å². The van der Waals surface area contributed by atoms with Gasteiger partial charge in [-0.3, -0.25) is 4.90 Å². The van der Waals surface area contributed by atoms with Crippen LogP contribution in [-0.2, 0) is 13.1 Å². The van der Waals surface area contributed by atoms with Crippen LogP contribution in [-0.4, -0.2) is 18.0 Å². The average molecular weight is 208 g/mol. The zero-order chi connectivity index (χ0) is 10.5. The Balaban J connectivity index is 1.89. The standard InChI is InChI=1S/C12H20N2O/c13-9-11-5-6-12(15-11)10-14-7-3-1-2-4-8-14/h5-6H,1-4,7-10,13H2. The van der Waals surface area contributed by atoms with E-state index in [4.69, 9.17) is 10.2 Å². The zero-order valence-electron chi connectivity index (χ0n) is 9.24. The fourth-order valence-electron chi connectivity index (χ4n) is 2.13. The van der Waals surface area contributed by atoms with Gasteiger partial charge in [0.2, 0.25) is 0 Å². The molecule has 0 atom stereocenters. The fourth-order valence-corrected chi connectivity index (χ4v) is 2.13. The quantitative estimate of drug-likeness (QED) is 0.827. The molecule has 0 radical (unpaired) electrons. The number of nitrogens with two attached hydrogens (primary N) is 1. The van der Waals surface area contributed by atoms with Gasteiger partial charge in [-0.25, -0.2) is 0 Å². The fraction of sp³-hybridized carbons (Fsp3) is 0.667. The maximum Gasteiger partial charge on any atom is 0.118 e. The minimum absolute atomic E-state index is 0.500. The number of rotatable bonds is 3. The molecule has 0 aliphatic carbocycles. The summed E-state index contributed by atoms with van der Waals surface area (Å²) in [7, 11) is 0. The van der Waals surface area contributed by atoms with Crippen LogP contribution >= 0.6 is 0 Å². The van der Waals surface area contributed by atoms with Gasteiger partial charge in [0.05, 0.1) is 13.1 Å². The van der Waals surface area contributed by atoms with Gasteiger partial charge in [0.15, 0.2) is 0 Å². The lowest BCUT2D eigenvalue weighted by Gasteiger charge is -2.17. The van der Waals surface area contributed by atoms with Crippen molar-refractivity contribution in [3.05, 3.63) is 23.7 Å². The summed E-state index contributed by atoms with van der Waals surface area (Å²) in [5.74, 6) is 1.94. The lowest BCUT2D eigenvalue weighted by Crippen LogP contribution is -2.23. The minimum Gasteiger partial charge on any atom is -0.463 e. The molecule has 0 aromatic carbocycles. The third-order valence-electron chi connectivity index (χ3n) is 3.00. The Hall–Kier alpha value is -0.800. The molecule has 0 spiro atoms. The van der Waals surface area contributed by atoms with Gasteiger partial charge in [0, 0.05) is 0 Å². The molecular formula is C12H20N2O. The summed E-state index contributed by atoms with van der Waals surface area (Å²) in [6.45, 7) is 3.86. The van der Waals surface area contributed by atoms with Gasteiger partial charge in [-0.15, -0.1) is 0 Å². The van der Waals surface area contributed by atoms with Crippen molar-refractivity contribution in [1.82, 2.24) is 4.90 Å². The highest BCUT2D eigenvalue weighted by atomic mass is 16.3. The molecule has 1 aromatic rings. The van der Waals surface area contributed by atoms with Crippen LogP contribution in [0.3, 0.4) is 0 Å². The molecule has 0 saturated carbocycles. The Labute approximate surface area is 91.2 Å². The van der Waals surface area contributed by atoms with Crippen LogP contribution < -0.4 is 5.73 Å². The molecule has 1 aliphatic heterocycles. The highest BCUT2D eigenvalue weighted by Gasteiger charge is 2.11. The molecule has 1 saturated heterocycles. The average Bonchev–Trinajstić information content (AvgIpc) is 2.54. The smallest absolute Gasteiger partial charge is 0.118 e. The van der Waals surface area contributed by atoms with E-state index in [2.05, 4.69) is 4.90 Å². The number of hydrogen-bond donors (Lipinski definition) is 1. The van der Waals surface area contributed by atoms with Gasteiger partial charge in [-0.2, -0.15) is 0 Å². The Bertz CT molecular complexity index is 288. The molecule has 1 aromatic heterocycles. The first-order valence-electron chi connectivity index (χ1n) is 5.88. The molecule has 3 nitrogen and oxygen atoms in total. The molecule has 3 heteroatoms.